The van der Waals surface area contributed by atoms with Crippen LogP contribution in [0.25, 0.3) is 0 Å². The molecule has 0 unspecified atom stereocenters. The molecule has 0 aromatic heterocycles. The molecule has 100 valence electrons. The molecule has 1 saturated heterocycles. The first-order valence-corrected chi connectivity index (χ1v) is 7.22. The molecule has 0 N–H and O–H groups in total. The van der Waals surface area contributed by atoms with Crippen molar-refractivity contribution in [2.45, 2.75) is 78.0 Å². The van der Waals surface area contributed by atoms with Gasteiger partial charge in [-0.1, -0.05) is 0 Å². The third-order valence-corrected chi connectivity index (χ3v) is 4.32. The van der Waals surface area contributed by atoms with Crippen molar-refractivity contribution < 1.29 is 4.74 Å². The monoisotopic (exact) mass is 239 g/mol. The van der Waals surface area contributed by atoms with Crippen LogP contribution >= 0.6 is 0 Å². The Hall–Kier alpha value is -0.0800. The van der Waals surface area contributed by atoms with Gasteiger partial charge in [0.25, 0.3) is 0 Å². The Balaban J connectivity index is 1.76. The van der Waals surface area contributed by atoms with Gasteiger partial charge in [0.1, 0.15) is 0 Å². The summed E-state index contributed by atoms with van der Waals surface area (Å²) in [5, 5.41) is 0. The summed E-state index contributed by atoms with van der Waals surface area (Å²) in [6.45, 7) is 13.8. The fourth-order valence-electron chi connectivity index (χ4n) is 3.32. The summed E-state index contributed by atoms with van der Waals surface area (Å²) in [5.41, 5.74) is 0.681. The van der Waals surface area contributed by atoms with Gasteiger partial charge >= 0.3 is 0 Å². The largest absolute Gasteiger partial charge is 0.373 e. The van der Waals surface area contributed by atoms with Gasteiger partial charge in [-0.3, -0.25) is 4.90 Å². The second-order valence-electron chi connectivity index (χ2n) is 7.43. The van der Waals surface area contributed by atoms with E-state index in [4.69, 9.17) is 4.74 Å². The zero-order valence-corrected chi connectivity index (χ0v) is 12.3. The lowest BCUT2D eigenvalue weighted by molar-refractivity contribution is -0.117. The van der Waals surface area contributed by atoms with E-state index >= 15 is 0 Å². The number of nitrogens with zero attached hydrogens (tertiary/aromatic N) is 1. The highest BCUT2D eigenvalue weighted by Gasteiger charge is 2.46. The van der Waals surface area contributed by atoms with Crippen molar-refractivity contribution in [1.82, 2.24) is 4.90 Å². The van der Waals surface area contributed by atoms with Crippen LogP contribution in [0.4, 0.5) is 0 Å². The van der Waals surface area contributed by atoms with Gasteiger partial charge in [-0.2, -0.15) is 0 Å². The number of ether oxygens (including phenoxy) is 1. The standard InChI is InChI=1S/C15H29NO/c1-12(2)16-10-15(11-16)8-6-13(7-9-15)17-14(3,4)5/h12-13H,6-11H2,1-5H3. The molecule has 2 aliphatic rings. The van der Waals surface area contributed by atoms with Gasteiger partial charge < -0.3 is 4.74 Å². The van der Waals surface area contributed by atoms with E-state index in [1.807, 2.05) is 0 Å². The summed E-state index contributed by atoms with van der Waals surface area (Å²) in [6, 6.07) is 0.726. The first-order chi connectivity index (χ1) is 7.80. The Kier molecular flexibility index (Phi) is 3.57. The molecule has 1 heterocycles. The fourth-order valence-corrected chi connectivity index (χ4v) is 3.32. The molecule has 2 rings (SSSR count). The third kappa shape index (κ3) is 3.23. The summed E-state index contributed by atoms with van der Waals surface area (Å²) >= 11 is 0. The molecule has 0 aromatic rings. The molecule has 1 aliphatic carbocycles. The molecular formula is C15H29NO. The van der Waals surface area contributed by atoms with Crippen molar-refractivity contribution in [3.8, 4) is 0 Å². The number of hydrogen-bond donors (Lipinski definition) is 0. The summed E-state index contributed by atoms with van der Waals surface area (Å²) in [6.07, 6.45) is 5.79. The SMILES string of the molecule is CC(C)N1CC2(CCC(OC(C)(C)C)CC2)C1. The van der Waals surface area contributed by atoms with E-state index in [1.54, 1.807) is 0 Å². The predicted octanol–water partition coefficient (Wildman–Crippen LogP) is 3.45. The highest BCUT2D eigenvalue weighted by Crippen LogP contribution is 2.45. The average molecular weight is 239 g/mol. The highest BCUT2D eigenvalue weighted by molar-refractivity contribution is 4.99. The number of rotatable bonds is 2. The van der Waals surface area contributed by atoms with Crippen LogP contribution < -0.4 is 0 Å². The van der Waals surface area contributed by atoms with Crippen molar-refractivity contribution in [3.63, 3.8) is 0 Å². The van der Waals surface area contributed by atoms with E-state index in [0.717, 1.165) is 6.04 Å². The molecule has 0 amide bonds. The zero-order valence-electron chi connectivity index (χ0n) is 12.3. The van der Waals surface area contributed by atoms with E-state index in [1.165, 1.54) is 38.8 Å². The van der Waals surface area contributed by atoms with Gasteiger partial charge in [0, 0.05) is 19.1 Å². The molecule has 2 heteroatoms. The van der Waals surface area contributed by atoms with E-state index < -0.39 is 0 Å². The average Bonchev–Trinajstić information content (AvgIpc) is 2.12. The van der Waals surface area contributed by atoms with E-state index in [2.05, 4.69) is 39.5 Å². The lowest BCUT2D eigenvalue weighted by Gasteiger charge is -2.55. The van der Waals surface area contributed by atoms with E-state index in [-0.39, 0.29) is 5.60 Å². The van der Waals surface area contributed by atoms with Gasteiger partial charge in [0.15, 0.2) is 0 Å². The maximum atomic E-state index is 6.10. The van der Waals surface area contributed by atoms with Crippen molar-refractivity contribution in [2.75, 3.05) is 13.1 Å². The summed E-state index contributed by atoms with van der Waals surface area (Å²) in [7, 11) is 0. The molecule has 2 fully saturated rings. The Morgan fingerprint density at radius 2 is 1.65 bits per heavy atom. The molecule has 1 aliphatic heterocycles. The van der Waals surface area contributed by atoms with Crippen LogP contribution in [0.3, 0.4) is 0 Å². The second kappa shape index (κ2) is 4.55. The first-order valence-electron chi connectivity index (χ1n) is 7.22. The van der Waals surface area contributed by atoms with Gasteiger partial charge in [0.2, 0.25) is 0 Å². The summed E-state index contributed by atoms with van der Waals surface area (Å²) in [4.78, 5) is 2.60. The first kappa shape index (κ1) is 13.4. The van der Waals surface area contributed by atoms with Crippen LogP contribution in [-0.2, 0) is 4.74 Å². The molecule has 0 atom stereocenters. The minimum Gasteiger partial charge on any atom is -0.373 e. The Morgan fingerprint density at radius 1 is 1.12 bits per heavy atom. The summed E-state index contributed by atoms with van der Waals surface area (Å²) < 4.78 is 6.10. The Morgan fingerprint density at radius 3 is 2.06 bits per heavy atom. The molecule has 0 radical (unpaired) electrons. The van der Waals surface area contributed by atoms with Gasteiger partial charge in [-0.15, -0.1) is 0 Å². The quantitative estimate of drug-likeness (QED) is 0.732. The van der Waals surface area contributed by atoms with Crippen LogP contribution in [0.5, 0.6) is 0 Å². The predicted molar refractivity (Wildman–Crippen MR) is 72.2 cm³/mol. The maximum absolute atomic E-state index is 6.10. The van der Waals surface area contributed by atoms with Crippen molar-refractivity contribution in [1.29, 1.82) is 0 Å². The van der Waals surface area contributed by atoms with Crippen LogP contribution in [-0.4, -0.2) is 35.7 Å². The lowest BCUT2D eigenvalue weighted by atomic mass is 9.67. The van der Waals surface area contributed by atoms with Crippen molar-refractivity contribution in [2.24, 2.45) is 5.41 Å². The van der Waals surface area contributed by atoms with E-state index in [0.29, 0.717) is 11.5 Å². The van der Waals surface area contributed by atoms with E-state index in [9.17, 15) is 0 Å². The fraction of sp³-hybridized carbons (Fsp3) is 1.00. The number of hydrogen-bond acceptors (Lipinski definition) is 2. The van der Waals surface area contributed by atoms with Crippen LogP contribution in [0.15, 0.2) is 0 Å². The third-order valence-electron chi connectivity index (χ3n) is 4.32. The smallest absolute Gasteiger partial charge is 0.0602 e. The molecule has 1 saturated carbocycles. The molecule has 1 spiro atoms. The van der Waals surface area contributed by atoms with Crippen LogP contribution in [0.1, 0.15) is 60.3 Å². The highest BCUT2D eigenvalue weighted by atomic mass is 16.5. The zero-order chi connectivity index (χ0) is 12.7. The minimum absolute atomic E-state index is 0.0265. The molecule has 0 bridgehead atoms. The molecular weight excluding hydrogens is 210 g/mol. The van der Waals surface area contributed by atoms with Gasteiger partial charge in [-0.05, 0) is 65.7 Å². The Labute approximate surface area is 107 Å². The molecule has 2 nitrogen and oxygen atoms in total. The van der Waals surface area contributed by atoms with Crippen molar-refractivity contribution >= 4 is 0 Å². The van der Waals surface area contributed by atoms with Gasteiger partial charge in [-0.25, -0.2) is 0 Å². The number of likely N-dealkylation sites (tertiary alicyclic amines) is 1. The molecule has 0 aromatic carbocycles. The second-order valence-corrected chi connectivity index (χ2v) is 7.43. The maximum Gasteiger partial charge on any atom is 0.0602 e. The van der Waals surface area contributed by atoms with Crippen LogP contribution in [0, 0.1) is 5.41 Å². The summed E-state index contributed by atoms with van der Waals surface area (Å²) in [5.74, 6) is 0. The van der Waals surface area contributed by atoms with Crippen molar-refractivity contribution in [3.05, 3.63) is 0 Å². The topological polar surface area (TPSA) is 12.5 Å². The van der Waals surface area contributed by atoms with Gasteiger partial charge in [0.05, 0.1) is 11.7 Å². The normalized spacial score (nSPS) is 26.5. The van der Waals surface area contributed by atoms with Crippen LogP contribution in [0.2, 0.25) is 0 Å². The lowest BCUT2D eigenvalue weighted by Crippen LogP contribution is -2.60. The Bertz CT molecular complexity index is 251. The minimum atomic E-state index is 0.0265. The molecule has 17 heavy (non-hydrogen) atoms.